The van der Waals surface area contributed by atoms with E-state index in [1.54, 1.807) is 0 Å². The van der Waals surface area contributed by atoms with E-state index in [0.29, 0.717) is 11.8 Å². The molecule has 0 heterocycles. The zero-order valence-corrected chi connectivity index (χ0v) is 12.3. The van der Waals surface area contributed by atoms with Crippen molar-refractivity contribution in [2.75, 3.05) is 11.8 Å². The van der Waals surface area contributed by atoms with E-state index in [1.807, 2.05) is 44.2 Å². The first-order chi connectivity index (χ1) is 8.56. The third kappa shape index (κ3) is 3.89. The van der Waals surface area contributed by atoms with Crippen LogP contribution in [0.25, 0.3) is 0 Å². The van der Waals surface area contributed by atoms with E-state index in [2.05, 4.69) is 5.32 Å². The summed E-state index contributed by atoms with van der Waals surface area (Å²) in [7, 11) is 0. The fourth-order valence-corrected chi connectivity index (χ4v) is 2.16. The first-order valence-electron chi connectivity index (χ1n) is 6.05. The molecule has 0 saturated carbocycles. The minimum absolute atomic E-state index is 0.0208. The maximum absolute atomic E-state index is 12.3. The van der Waals surface area contributed by atoms with Gasteiger partial charge in [0.25, 0.3) is 0 Å². The molecule has 1 N–H and O–H groups in total. The van der Waals surface area contributed by atoms with Crippen molar-refractivity contribution < 1.29 is 4.79 Å². The molecule has 0 aliphatic carbocycles. The summed E-state index contributed by atoms with van der Waals surface area (Å²) in [5, 5.41) is 2.94. The van der Waals surface area contributed by atoms with Gasteiger partial charge in [-0.15, -0.1) is 23.2 Å². The molecular weight excluding hydrogens is 269 g/mol. The van der Waals surface area contributed by atoms with Gasteiger partial charge in [-0.05, 0) is 18.9 Å². The average Bonchev–Trinajstić information content (AvgIpc) is 2.40. The van der Waals surface area contributed by atoms with Gasteiger partial charge in [-0.25, -0.2) is 0 Å². The molecule has 100 valence electrons. The molecule has 18 heavy (non-hydrogen) atoms. The van der Waals surface area contributed by atoms with Crippen LogP contribution in [0.1, 0.15) is 31.7 Å². The Kier molecular flexibility index (Phi) is 5.97. The van der Waals surface area contributed by atoms with Gasteiger partial charge >= 0.3 is 0 Å². The highest BCUT2D eigenvalue weighted by atomic mass is 35.5. The molecule has 1 amide bonds. The van der Waals surface area contributed by atoms with Gasteiger partial charge in [-0.2, -0.15) is 0 Å². The highest BCUT2D eigenvalue weighted by molar-refractivity contribution is 6.22. The third-order valence-electron chi connectivity index (χ3n) is 2.94. The van der Waals surface area contributed by atoms with Crippen molar-refractivity contribution in [2.45, 2.75) is 31.7 Å². The molecule has 0 aliphatic rings. The number of halogens is 2. The van der Waals surface area contributed by atoms with E-state index < -0.39 is 5.54 Å². The molecule has 0 spiro atoms. The second-order valence-electron chi connectivity index (χ2n) is 4.69. The van der Waals surface area contributed by atoms with Gasteiger partial charge in [0.05, 0.1) is 11.5 Å². The standard InChI is InChI=1S/C14H19Cl2NO/c1-3-12(11-7-5-4-6-8-11)13(18)17-14(2,9-15)10-16/h4-8,12H,3,9-10H2,1-2H3,(H,17,18). The molecule has 0 radical (unpaired) electrons. The number of benzene rings is 1. The van der Waals surface area contributed by atoms with E-state index in [-0.39, 0.29) is 11.8 Å². The van der Waals surface area contributed by atoms with Crippen LogP contribution in [0, 0.1) is 0 Å². The molecule has 0 bridgehead atoms. The highest BCUT2D eigenvalue weighted by Gasteiger charge is 2.28. The van der Waals surface area contributed by atoms with Crippen LogP contribution in [-0.4, -0.2) is 23.2 Å². The van der Waals surface area contributed by atoms with E-state index in [1.165, 1.54) is 0 Å². The number of hydrogen-bond donors (Lipinski definition) is 1. The molecule has 0 aromatic heterocycles. The number of carbonyl (C=O) groups is 1. The third-order valence-corrected chi connectivity index (χ3v) is 4.12. The van der Waals surface area contributed by atoms with Crippen LogP contribution < -0.4 is 5.32 Å². The smallest absolute Gasteiger partial charge is 0.228 e. The lowest BCUT2D eigenvalue weighted by molar-refractivity contribution is -0.124. The topological polar surface area (TPSA) is 29.1 Å². The van der Waals surface area contributed by atoms with E-state index in [4.69, 9.17) is 23.2 Å². The van der Waals surface area contributed by atoms with Gasteiger partial charge in [0, 0.05) is 11.8 Å². The van der Waals surface area contributed by atoms with Crippen molar-refractivity contribution in [2.24, 2.45) is 0 Å². The summed E-state index contributed by atoms with van der Waals surface area (Å²) in [5.74, 6) is 0.422. The van der Waals surface area contributed by atoms with Crippen molar-refractivity contribution in [3.8, 4) is 0 Å². The van der Waals surface area contributed by atoms with Crippen LogP contribution in [0.2, 0.25) is 0 Å². The van der Waals surface area contributed by atoms with Crippen LogP contribution in [0.5, 0.6) is 0 Å². The Bertz CT molecular complexity index is 377. The van der Waals surface area contributed by atoms with E-state index >= 15 is 0 Å². The minimum atomic E-state index is -0.553. The molecule has 1 unspecified atom stereocenters. The Morgan fingerprint density at radius 3 is 2.28 bits per heavy atom. The van der Waals surface area contributed by atoms with Crippen LogP contribution >= 0.6 is 23.2 Å². The summed E-state index contributed by atoms with van der Waals surface area (Å²) in [5.41, 5.74) is 0.464. The van der Waals surface area contributed by atoms with E-state index in [9.17, 15) is 4.79 Å². The largest absolute Gasteiger partial charge is 0.348 e. The summed E-state index contributed by atoms with van der Waals surface area (Å²) >= 11 is 11.7. The molecule has 0 aliphatic heterocycles. The van der Waals surface area contributed by atoms with Gasteiger partial charge in [-0.3, -0.25) is 4.79 Å². The Balaban J connectivity index is 2.81. The van der Waals surface area contributed by atoms with E-state index in [0.717, 1.165) is 12.0 Å². The molecule has 2 nitrogen and oxygen atoms in total. The van der Waals surface area contributed by atoms with Crippen molar-refractivity contribution in [3.05, 3.63) is 35.9 Å². The normalized spacial score (nSPS) is 13.1. The molecule has 1 aromatic carbocycles. The summed E-state index contributed by atoms with van der Waals surface area (Å²) in [6.07, 6.45) is 0.747. The van der Waals surface area contributed by atoms with Crippen molar-refractivity contribution in [1.29, 1.82) is 0 Å². The van der Waals surface area contributed by atoms with Crippen LogP contribution in [0.15, 0.2) is 30.3 Å². The lowest BCUT2D eigenvalue weighted by Gasteiger charge is -2.28. The lowest BCUT2D eigenvalue weighted by Crippen LogP contribution is -2.50. The Morgan fingerprint density at radius 2 is 1.83 bits per heavy atom. The summed E-state index contributed by atoms with van der Waals surface area (Å²) in [6, 6.07) is 9.75. The maximum atomic E-state index is 12.3. The number of alkyl halides is 2. The second kappa shape index (κ2) is 7.01. The number of carbonyl (C=O) groups excluding carboxylic acids is 1. The van der Waals surface area contributed by atoms with Crippen molar-refractivity contribution in [3.63, 3.8) is 0 Å². The maximum Gasteiger partial charge on any atom is 0.228 e. The summed E-state index contributed by atoms with van der Waals surface area (Å²) < 4.78 is 0. The van der Waals surface area contributed by atoms with Gasteiger partial charge in [0.1, 0.15) is 0 Å². The molecule has 1 aromatic rings. The van der Waals surface area contributed by atoms with Gasteiger partial charge < -0.3 is 5.32 Å². The fraction of sp³-hybridized carbons (Fsp3) is 0.500. The monoisotopic (exact) mass is 287 g/mol. The average molecular weight is 288 g/mol. The number of rotatable bonds is 6. The number of hydrogen-bond acceptors (Lipinski definition) is 1. The molecule has 0 fully saturated rings. The lowest BCUT2D eigenvalue weighted by atomic mass is 9.94. The molecule has 1 rings (SSSR count). The first-order valence-corrected chi connectivity index (χ1v) is 7.12. The highest BCUT2D eigenvalue weighted by Crippen LogP contribution is 2.21. The first kappa shape index (κ1) is 15.3. The zero-order valence-electron chi connectivity index (χ0n) is 10.7. The van der Waals surface area contributed by atoms with Crippen LogP contribution in [0.4, 0.5) is 0 Å². The quantitative estimate of drug-likeness (QED) is 0.797. The van der Waals surface area contributed by atoms with Crippen molar-refractivity contribution >= 4 is 29.1 Å². The molecular formula is C14H19Cl2NO. The summed E-state index contributed by atoms with van der Waals surface area (Å²) in [6.45, 7) is 3.85. The number of amides is 1. The molecule has 0 saturated heterocycles. The summed E-state index contributed by atoms with van der Waals surface area (Å²) in [4.78, 5) is 12.3. The Labute approximate surface area is 119 Å². The van der Waals surface area contributed by atoms with Gasteiger partial charge in [-0.1, -0.05) is 37.3 Å². The second-order valence-corrected chi connectivity index (χ2v) is 5.22. The van der Waals surface area contributed by atoms with Crippen LogP contribution in [-0.2, 0) is 4.79 Å². The predicted molar refractivity (Wildman–Crippen MR) is 77.5 cm³/mol. The Morgan fingerprint density at radius 1 is 1.28 bits per heavy atom. The molecule has 1 atom stereocenters. The SMILES string of the molecule is CCC(C(=O)NC(C)(CCl)CCl)c1ccccc1. The Hall–Kier alpha value is -0.730. The number of nitrogens with one attached hydrogen (secondary N) is 1. The van der Waals surface area contributed by atoms with Gasteiger partial charge in [0.2, 0.25) is 5.91 Å². The van der Waals surface area contributed by atoms with Gasteiger partial charge in [0.15, 0.2) is 0 Å². The predicted octanol–water partition coefficient (Wildman–Crippen LogP) is 3.53. The fourth-order valence-electron chi connectivity index (χ4n) is 1.74. The zero-order chi connectivity index (χ0) is 13.6. The molecule has 4 heteroatoms. The van der Waals surface area contributed by atoms with Crippen LogP contribution in [0.3, 0.4) is 0 Å². The van der Waals surface area contributed by atoms with Crippen molar-refractivity contribution in [1.82, 2.24) is 5.32 Å². The minimum Gasteiger partial charge on any atom is -0.348 e.